The van der Waals surface area contributed by atoms with E-state index < -0.39 is 0 Å². The Morgan fingerprint density at radius 1 is 1.08 bits per heavy atom. The number of rotatable bonds is 4. The molecule has 0 spiro atoms. The van der Waals surface area contributed by atoms with Crippen LogP contribution >= 0.6 is 0 Å². The van der Waals surface area contributed by atoms with Crippen LogP contribution in [-0.4, -0.2) is 19.0 Å². The van der Waals surface area contributed by atoms with E-state index in [9.17, 15) is 4.79 Å². The number of anilines is 3. The molecule has 0 aliphatic carbocycles. The Morgan fingerprint density at radius 2 is 1.79 bits per heavy atom. The van der Waals surface area contributed by atoms with E-state index in [0.717, 1.165) is 36.6 Å². The van der Waals surface area contributed by atoms with Crippen LogP contribution in [0.4, 0.5) is 17.1 Å². The van der Waals surface area contributed by atoms with Gasteiger partial charge in [-0.25, -0.2) is 0 Å². The van der Waals surface area contributed by atoms with Gasteiger partial charge < -0.3 is 16.0 Å². The SMILES string of the molecule is CCc1ccc(C(=O)Nc2ccc(N3CCCCC3)c(N)c2)cc1. The molecule has 0 atom stereocenters. The monoisotopic (exact) mass is 323 g/mol. The highest BCUT2D eigenvalue weighted by molar-refractivity contribution is 6.04. The fraction of sp³-hybridized carbons (Fsp3) is 0.350. The molecule has 1 aliphatic heterocycles. The van der Waals surface area contributed by atoms with E-state index in [2.05, 4.69) is 17.1 Å². The fourth-order valence-corrected chi connectivity index (χ4v) is 3.15. The molecule has 1 saturated heterocycles. The van der Waals surface area contributed by atoms with Crippen molar-refractivity contribution in [1.29, 1.82) is 0 Å². The molecule has 0 saturated carbocycles. The molecule has 1 aliphatic rings. The first-order valence-electron chi connectivity index (χ1n) is 8.72. The van der Waals surface area contributed by atoms with Crippen LogP contribution in [0.15, 0.2) is 42.5 Å². The van der Waals surface area contributed by atoms with Crippen molar-refractivity contribution < 1.29 is 4.79 Å². The van der Waals surface area contributed by atoms with E-state index in [4.69, 9.17) is 5.73 Å². The van der Waals surface area contributed by atoms with Crippen molar-refractivity contribution in [3.8, 4) is 0 Å². The Balaban J connectivity index is 1.70. The molecule has 0 radical (unpaired) electrons. The minimum Gasteiger partial charge on any atom is -0.397 e. The molecule has 24 heavy (non-hydrogen) atoms. The minimum absolute atomic E-state index is 0.109. The largest absolute Gasteiger partial charge is 0.397 e. The Labute approximate surface area is 143 Å². The van der Waals surface area contributed by atoms with E-state index in [1.54, 1.807) is 0 Å². The zero-order chi connectivity index (χ0) is 16.9. The summed E-state index contributed by atoms with van der Waals surface area (Å²) in [7, 11) is 0. The number of hydrogen-bond donors (Lipinski definition) is 2. The van der Waals surface area contributed by atoms with Crippen LogP contribution < -0.4 is 16.0 Å². The number of aryl methyl sites for hydroxylation is 1. The van der Waals surface area contributed by atoms with Gasteiger partial charge in [0.2, 0.25) is 0 Å². The van der Waals surface area contributed by atoms with Gasteiger partial charge in [-0.15, -0.1) is 0 Å². The van der Waals surface area contributed by atoms with Gasteiger partial charge in [-0.3, -0.25) is 4.79 Å². The highest BCUT2D eigenvalue weighted by atomic mass is 16.1. The molecule has 1 amide bonds. The maximum atomic E-state index is 12.3. The smallest absolute Gasteiger partial charge is 0.255 e. The molecule has 4 heteroatoms. The average Bonchev–Trinajstić information content (AvgIpc) is 2.62. The summed E-state index contributed by atoms with van der Waals surface area (Å²) in [5.74, 6) is -0.109. The molecule has 2 aromatic carbocycles. The number of hydrogen-bond acceptors (Lipinski definition) is 3. The number of carbonyl (C=O) groups excluding carboxylic acids is 1. The molecule has 3 N–H and O–H groups in total. The van der Waals surface area contributed by atoms with Gasteiger partial charge in [-0.2, -0.15) is 0 Å². The van der Waals surface area contributed by atoms with Crippen molar-refractivity contribution in [3.05, 3.63) is 53.6 Å². The molecule has 0 bridgehead atoms. The third kappa shape index (κ3) is 3.70. The molecule has 0 unspecified atom stereocenters. The lowest BCUT2D eigenvalue weighted by molar-refractivity contribution is 0.102. The van der Waals surface area contributed by atoms with Crippen LogP contribution in [0.5, 0.6) is 0 Å². The standard InChI is InChI=1S/C20H25N3O/c1-2-15-6-8-16(9-7-15)20(24)22-17-10-11-19(18(21)14-17)23-12-4-3-5-13-23/h6-11,14H,2-5,12-13,21H2,1H3,(H,22,24). The first-order chi connectivity index (χ1) is 11.7. The summed E-state index contributed by atoms with van der Waals surface area (Å²) in [6.07, 6.45) is 4.69. The number of nitrogens with one attached hydrogen (secondary N) is 1. The van der Waals surface area contributed by atoms with Crippen LogP contribution in [0.25, 0.3) is 0 Å². The van der Waals surface area contributed by atoms with Gasteiger partial charge in [0.25, 0.3) is 5.91 Å². The second kappa shape index (κ2) is 7.39. The summed E-state index contributed by atoms with van der Waals surface area (Å²) in [5.41, 5.74) is 10.6. The van der Waals surface area contributed by atoms with Crippen molar-refractivity contribution >= 4 is 23.0 Å². The highest BCUT2D eigenvalue weighted by Crippen LogP contribution is 2.29. The van der Waals surface area contributed by atoms with Crippen molar-refractivity contribution in [2.75, 3.05) is 29.0 Å². The Morgan fingerprint density at radius 3 is 2.42 bits per heavy atom. The van der Waals surface area contributed by atoms with Gasteiger partial charge in [0.05, 0.1) is 11.4 Å². The van der Waals surface area contributed by atoms with Crippen LogP contribution in [0.3, 0.4) is 0 Å². The summed E-state index contributed by atoms with van der Waals surface area (Å²) in [4.78, 5) is 14.7. The molecule has 4 nitrogen and oxygen atoms in total. The molecule has 2 aromatic rings. The van der Waals surface area contributed by atoms with Crippen molar-refractivity contribution in [3.63, 3.8) is 0 Å². The third-order valence-corrected chi connectivity index (χ3v) is 4.61. The lowest BCUT2D eigenvalue weighted by atomic mass is 10.1. The lowest BCUT2D eigenvalue weighted by Gasteiger charge is -2.30. The number of nitrogen functional groups attached to an aromatic ring is 1. The van der Waals surface area contributed by atoms with E-state index >= 15 is 0 Å². The van der Waals surface area contributed by atoms with Crippen molar-refractivity contribution in [2.24, 2.45) is 0 Å². The zero-order valence-electron chi connectivity index (χ0n) is 14.2. The highest BCUT2D eigenvalue weighted by Gasteiger charge is 2.14. The summed E-state index contributed by atoms with van der Waals surface area (Å²) >= 11 is 0. The number of carbonyl (C=O) groups is 1. The molecule has 126 valence electrons. The van der Waals surface area contributed by atoms with Crippen LogP contribution in [0.1, 0.15) is 42.1 Å². The second-order valence-electron chi connectivity index (χ2n) is 6.33. The first-order valence-corrected chi connectivity index (χ1v) is 8.72. The van der Waals surface area contributed by atoms with Crippen LogP contribution in [0, 0.1) is 0 Å². The lowest BCUT2D eigenvalue weighted by Crippen LogP contribution is -2.30. The molecule has 1 fully saturated rings. The van der Waals surface area contributed by atoms with E-state index in [1.165, 1.54) is 24.8 Å². The molecule has 1 heterocycles. The number of amides is 1. The van der Waals surface area contributed by atoms with E-state index in [1.807, 2.05) is 42.5 Å². The van der Waals surface area contributed by atoms with Gasteiger partial charge in [0.15, 0.2) is 0 Å². The summed E-state index contributed by atoms with van der Waals surface area (Å²) in [6, 6.07) is 13.5. The van der Waals surface area contributed by atoms with Gasteiger partial charge in [-0.05, 0) is 61.6 Å². The molecule has 3 rings (SSSR count). The number of piperidine rings is 1. The van der Waals surface area contributed by atoms with Crippen molar-refractivity contribution in [1.82, 2.24) is 0 Å². The minimum atomic E-state index is -0.109. The fourth-order valence-electron chi connectivity index (χ4n) is 3.15. The summed E-state index contributed by atoms with van der Waals surface area (Å²) < 4.78 is 0. The predicted octanol–water partition coefficient (Wildman–Crippen LogP) is 4.07. The topological polar surface area (TPSA) is 58.4 Å². The normalized spacial score (nSPS) is 14.5. The van der Waals surface area contributed by atoms with Gasteiger partial charge in [-0.1, -0.05) is 19.1 Å². The molecular formula is C20H25N3O. The zero-order valence-corrected chi connectivity index (χ0v) is 14.2. The average molecular weight is 323 g/mol. The Kier molecular flexibility index (Phi) is 5.04. The third-order valence-electron chi connectivity index (χ3n) is 4.61. The number of nitrogens with two attached hydrogens (primary N) is 1. The first kappa shape index (κ1) is 16.4. The van der Waals surface area contributed by atoms with Crippen LogP contribution in [-0.2, 0) is 6.42 Å². The summed E-state index contributed by atoms with van der Waals surface area (Å²) in [6.45, 7) is 4.21. The van der Waals surface area contributed by atoms with Crippen LogP contribution in [0.2, 0.25) is 0 Å². The molecular weight excluding hydrogens is 298 g/mol. The number of nitrogens with zero attached hydrogens (tertiary/aromatic N) is 1. The summed E-state index contributed by atoms with van der Waals surface area (Å²) in [5, 5.41) is 2.93. The maximum absolute atomic E-state index is 12.3. The van der Waals surface area contributed by atoms with Gasteiger partial charge >= 0.3 is 0 Å². The van der Waals surface area contributed by atoms with E-state index in [-0.39, 0.29) is 5.91 Å². The van der Waals surface area contributed by atoms with Gasteiger partial charge in [0, 0.05) is 24.3 Å². The quantitative estimate of drug-likeness (QED) is 0.834. The maximum Gasteiger partial charge on any atom is 0.255 e. The Bertz CT molecular complexity index is 703. The van der Waals surface area contributed by atoms with Crippen molar-refractivity contribution in [2.45, 2.75) is 32.6 Å². The number of benzene rings is 2. The van der Waals surface area contributed by atoms with Gasteiger partial charge in [0.1, 0.15) is 0 Å². The Hall–Kier alpha value is -2.49. The predicted molar refractivity (Wildman–Crippen MR) is 101 cm³/mol. The second-order valence-corrected chi connectivity index (χ2v) is 6.33. The molecule has 0 aromatic heterocycles. The van der Waals surface area contributed by atoms with E-state index in [0.29, 0.717) is 5.56 Å².